The van der Waals surface area contributed by atoms with Crippen molar-refractivity contribution in [3.63, 3.8) is 0 Å². The third kappa shape index (κ3) is 2.77. The van der Waals surface area contributed by atoms with E-state index in [0.717, 1.165) is 16.8 Å². The molecule has 124 valence electrons. The van der Waals surface area contributed by atoms with Crippen LogP contribution in [0, 0.1) is 0 Å². The number of aromatic nitrogens is 1. The van der Waals surface area contributed by atoms with E-state index in [1.54, 1.807) is 17.3 Å². The van der Waals surface area contributed by atoms with Crippen LogP contribution in [0.2, 0.25) is 0 Å². The van der Waals surface area contributed by atoms with E-state index in [-0.39, 0.29) is 24.4 Å². The number of carbonyl (C=O) groups is 2. The molecule has 1 aliphatic heterocycles. The van der Waals surface area contributed by atoms with E-state index in [1.165, 1.54) is 0 Å². The molecule has 24 heavy (non-hydrogen) atoms. The summed E-state index contributed by atoms with van der Waals surface area (Å²) in [6, 6.07) is 11.2. The fraction of sp³-hybridized carbons (Fsp3) is 0.316. The smallest absolute Gasteiger partial charge is 0.240 e. The maximum Gasteiger partial charge on any atom is 0.240 e. The van der Waals surface area contributed by atoms with Gasteiger partial charge in [0.15, 0.2) is 0 Å². The molecule has 0 fully saturated rings. The highest BCUT2D eigenvalue weighted by molar-refractivity contribution is 6.10. The minimum atomic E-state index is -0.604. The number of anilines is 1. The standard InChI is InChI=1S/C19H21N3O2/c1-13(14-8-10-20-11-9-14)21-17(23)12-22-16-7-5-4-6-15(16)19(2,3)18(22)24/h4-11,13H,12H2,1-3H3,(H,21,23)/t13-/m0/s1. The van der Waals surface area contributed by atoms with Gasteiger partial charge in [0.25, 0.3) is 0 Å². The molecule has 1 aromatic carbocycles. The number of para-hydroxylation sites is 1. The van der Waals surface area contributed by atoms with Crippen molar-refractivity contribution in [2.75, 3.05) is 11.4 Å². The fourth-order valence-corrected chi connectivity index (χ4v) is 3.12. The highest BCUT2D eigenvalue weighted by atomic mass is 16.2. The maximum atomic E-state index is 12.7. The number of nitrogens with zero attached hydrogens (tertiary/aromatic N) is 2. The van der Waals surface area contributed by atoms with E-state index in [2.05, 4.69) is 10.3 Å². The zero-order valence-electron chi connectivity index (χ0n) is 14.1. The Balaban J connectivity index is 1.74. The maximum absolute atomic E-state index is 12.7. The molecule has 5 nitrogen and oxygen atoms in total. The van der Waals surface area contributed by atoms with E-state index < -0.39 is 5.41 Å². The molecule has 1 atom stereocenters. The molecule has 5 heteroatoms. The van der Waals surface area contributed by atoms with E-state index in [4.69, 9.17) is 0 Å². The quantitative estimate of drug-likeness (QED) is 0.940. The van der Waals surface area contributed by atoms with Gasteiger partial charge in [-0.2, -0.15) is 0 Å². The molecule has 0 saturated carbocycles. The second-order valence-electron chi connectivity index (χ2n) is 6.60. The lowest BCUT2D eigenvalue weighted by Crippen LogP contribution is -2.43. The molecule has 0 saturated heterocycles. The number of rotatable bonds is 4. The summed E-state index contributed by atoms with van der Waals surface area (Å²) in [6.07, 6.45) is 3.39. The second-order valence-corrected chi connectivity index (χ2v) is 6.60. The number of hydrogen-bond donors (Lipinski definition) is 1. The molecule has 0 bridgehead atoms. The molecule has 0 aliphatic carbocycles. The molecule has 0 unspecified atom stereocenters. The topological polar surface area (TPSA) is 62.3 Å². The zero-order valence-corrected chi connectivity index (χ0v) is 14.1. The van der Waals surface area contributed by atoms with Gasteiger partial charge in [-0.1, -0.05) is 18.2 Å². The largest absolute Gasteiger partial charge is 0.348 e. The molecule has 2 aromatic rings. The zero-order chi connectivity index (χ0) is 17.3. The Morgan fingerprint density at radius 3 is 2.58 bits per heavy atom. The lowest BCUT2D eigenvalue weighted by molar-refractivity contribution is -0.125. The van der Waals surface area contributed by atoms with E-state index in [1.807, 2.05) is 57.2 Å². The van der Waals surface area contributed by atoms with Crippen LogP contribution < -0.4 is 10.2 Å². The molecular formula is C19H21N3O2. The molecule has 1 aliphatic rings. The average Bonchev–Trinajstić information content (AvgIpc) is 2.77. The van der Waals surface area contributed by atoms with E-state index in [0.29, 0.717) is 0 Å². The van der Waals surface area contributed by atoms with E-state index >= 15 is 0 Å². The Hall–Kier alpha value is -2.69. The van der Waals surface area contributed by atoms with Gasteiger partial charge in [-0.15, -0.1) is 0 Å². The van der Waals surface area contributed by atoms with Crippen molar-refractivity contribution in [2.45, 2.75) is 32.2 Å². The summed E-state index contributed by atoms with van der Waals surface area (Å²) in [7, 11) is 0. The minimum absolute atomic E-state index is 0.0225. The fourth-order valence-electron chi connectivity index (χ4n) is 3.12. The van der Waals surface area contributed by atoms with Crippen LogP contribution in [0.25, 0.3) is 0 Å². The number of benzene rings is 1. The summed E-state index contributed by atoms with van der Waals surface area (Å²) in [5.41, 5.74) is 2.16. The van der Waals surface area contributed by atoms with Gasteiger partial charge in [0.05, 0.1) is 11.5 Å². The summed E-state index contributed by atoms with van der Waals surface area (Å²) in [5, 5.41) is 2.94. The van der Waals surface area contributed by atoms with Crippen LogP contribution in [-0.2, 0) is 15.0 Å². The van der Waals surface area contributed by atoms with Crippen LogP contribution in [0.4, 0.5) is 5.69 Å². The van der Waals surface area contributed by atoms with Crippen LogP contribution in [0.5, 0.6) is 0 Å². The molecular weight excluding hydrogens is 302 g/mol. The normalized spacial score (nSPS) is 16.6. The Kier molecular flexibility index (Phi) is 4.09. The van der Waals surface area contributed by atoms with Gasteiger partial charge in [0.1, 0.15) is 6.54 Å². The number of carbonyl (C=O) groups excluding carboxylic acids is 2. The third-order valence-electron chi connectivity index (χ3n) is 4.53. The molecule has 1 aromatic heterocycles. The van der Waals surface area contributed by atoms with Crippen molar-refractivity contribution in [1.29, 1.82) is 0 Å². The SMILES string of the molecule is C[C@H](NC(=O)CN1C(=O)C(C)(C)c2ccccc21)c1ccncc1. The first-order valence-corrected chi connectivity index (χ1v) is 8.02. The second kappa shape index (κ2) is 6.07. The Morgan fingerprint density at radius 2 is 1.88 bits per heavy atom. The number of pyridine rings is 1. The Morgan fingerprint density at radius 1 is 1.21 bits per heavy atom. The lowest BCUT2D eigenvalue weighted by atomic mass is 9.86. The van der Waals surface area contributed by atoms with Gasteiger partial charge in [-0.25, -0.2) is 0 Å². The summed E-state index contributed by atoms with van der Waals surface area (Å²) in [4.78, 5) is 30.7. The molecule has 2 amide bonds. The first-order chi connectivity index (χ1) is 11.4. The predicted molar refractivity (Wildman–Crippen MR) is 92.6 cm³/mol. The predicted octanol–water partition coefficient (Wildman–Crippen LogP) is 2.58. The van der Waals surface area contributed by atoms with Crippen molar-refractivity contribution < 1.29 is 9.59 Å². The van der Waals surface area contributed by atoms with Crippen molar-refractivity contribution in [2.24, 2.45) is 0 Å². The number of fused-ring (bicyclic) bond motifs is 1. The first kappa shape index (κ1) is 16.2. The van der Waals surface area contributed by atoms with Gasteiger partial charge < -0.3 is 10.2 Å². The van der Waals surface area contributed by atoms with Gasteiger partial charge in [-0.3, -0.25) is 14.6 Å². The molecule has 0 spiro atoms. The summed E-state index contributed by atoms with van der Waals surface area (Å²) >= 11 is 0. The monoisotopic (exact) mass is 323 g/mol. The highest BCUT2D eigenvalue weighted by Gasteiger charge is 2.44. The minimum Gasteiger partial charge on any atom is -0.348 e. The third-order valence-corrected chi connectivity index (χ3v) is 4.53. The molecule has 2 heterocycles. The average molecular weight is 323 g/mol. The van der Waals surface area contributed by atoms with Gasteiger partial charge >= 0.3 is 0 Å². The Labute approximate surface area is 141 Å². The number of nitrogens with one attached hydrogen (secondary N) is 1. The summed E-state index contributed by atoms with van der Waals surface area (Å²) in [6.45, 7) is 5.73. The van der Waals surface area contributed by atoms with Crippen molar-refractivity contribution >= 4 is 17.5 Å². The van der Waals surface area contributed by atoms with Gasteiger partial charge in [0.2, 0.25) is 11.8 Å². The molecule has 0 radical (unpaired) electrons. The highest BCUT2D eigenvalue weighted by Crippen LogP contribution is 2.40. The summed E-state index contributed by atoms with van der Waals surface area (Å²) < 4.78 is 0. The van der Waals surface area contributed by atoms with Crippen molar-refractivity contribution in [3.8, 4) is 0 Å². The Bertz CT molecular complexity index is 771. The van der Waals surface area contributed by atoms with E-state index in [9.17, 15) is 9.59 Å². The summed E-state index contributed by atoms with van der Waals surface area (Å²) in [5.74, 6) is -0.226. The first-order valence-electron chi connectivity index (χ1n) is 8.02. The number of amides is 2. The van der Waals surface area contributed by atoms with Crippen LogP contribution in [0.1, 0.15) is 37.9 Å². The number of hydrogen-bond acceptors (Lipinski definition) is 3. The molecule has 3 rings (SSSR count). The van der Waals surface area contributed by atoms with Crippen LogP contribution in [0.3, 0.4) is 0 Å². The van der Waals surface area contributed by atoms with Crippen LogP contribution >= 0.6 is 0 Å². The van der Waals surface area contributed by atoms with Gasteiger partial charge in [-0.05, 0) is 50.1 Å². The van der Waals surface area contributed by atoms with Crippen LogP contribution in [0.15, 0.2) is 48.8 Å². The lowest BCUT2D eigenvalue weighted by Gasteiger charge is -2.21. The van der Waals surface area contributed by atoms with Crippen molar-refractivity contribution in [3.05, 3.63) is 59.9 Å². The van der Waals surface area contributed by atoms with Crippen LogP contribution in [-0.4, -0.2) is 23.3 Å². The van der Waals surface area contributed by atoms with Gasteiger partial charge in [0, 0.05) is 18.1 Å². The van der Waals surface area contributed by atoms with Crippen molar-refractivity contribution in [1.82, 2.24) is 10.3 Å². The molecule has 1 N–H and O–H groups in total.